The topological polar surface area (TPSA) is 70.2 Å². The largest absolute Gasteiger partial charge is 0.490 e. The van der Waals surface area contributed by atoms with Crippen molar-refractivity contribution < 1.29 is 9.53 Å². The zero-order valence-electron chi connectivity index (χ0n) is 17.8. The second-order valence-electron chi connectivity index (χ2n) is 8.62. The molecule has 31 heavy (non-hydrogen) atoms. The first kappa shape index (κ1) is 19.8. The van der Waals surface area contributed by atoms with Crippen LogP contribution in [-0.2, 0) is 6.54 Å². The molecule has 2 aliphatic rings. The predicted molar refractivity (Wildman–Crippen MR) is 120 cm³/mol. The summed E-state index contributed by atoms with van der Waals surface area (Å²) in [5, 5.41) is 10.1. The molecule has 160 valence electrons. The smallest absolute Gasteiger partial charge is 0.269 e. The number of hydrogen-bond donors (Lipinski definition) is 2. The van der Waals surface area contributed by atoms with E-state index in [-0.39, 0.29) is 12.0 Å². The molecule has 6 heteroatoms. The molecule has 1 aromatic heterocycles. The fourth-order valence-corrected chi connectivity index (χ4v) is 4.85. The number of nitrogens with zero attached hydrogens (tertiary/aromatic N) is 2. The maximum Gasteiger partial charge on any atom is 0.269 e. The third kappa shape index (κ3) is 4.35. The lowest BCUT2D eigenvalue weighted by molar-refractivity contribution is 0.0661. The molecule has 0 saturated carbocycles. The number of H-pyrrole nitrogens is 1. The highest BCUT2D eigenvalue weighted by atomic mass is 16.5. The van der Waals surface area contributed by atoms with Gasteiger partial charge in [0.05, 0.1) is 5.69 Å². The molecule has 5 rings (SSSR count). The van der Waals surface area contributed by atoms with E-state index >= 15 is 0 Å². The van der Waals surface area contributed by atoms with Crippen molar-refractivity contribution in [2.45, 2.75) is 50.4 Å². The monoisotopic (exact) mass is 416 g/mol. The van der Waals surface area contributed by atoms with Crippen LogP contribution in [0.1, 0.15) is 41.7 Å². The second kappa shape index (κ2) is 8.55. The van der Waals surface area contributed by atoms with Crippen LogP contribution in [0.3, 0.4) is 0 Å². The predicted octanol–water partition coefficient (Wildman–Crippen LogP) is 4.01. The molecule has 2 bridgehead atoms. The Labute approximate surface area is 182 Å². The first-order valence-corrected chi connectivity index (χ1v) is 11.0. The maximum atomic E-state index is 12.6. The van der Waals surface area contributed by atoms with Crippen LogP contribution in [0, 0.1) is 0 Å². The number of aromatic amines is 1. The summed E-state index contributed by atoms with van der Waals surface area (Å²) in [5.41, 5.74) is 3.20. The molecular formula is C25H28N4O2. The van der Waals surface area contributed by atoms with E-state index in [2.05, 4.69) is 27.5 Å². The SMILES string of the molecule is CN1[C@@H]2CC[C@H]1CC(Oc1cccc(CNC(=O)c3cc(-c4ccccc4)n[nH]3)c1)C2. The highest BCUT2D eigenvalue weighted by Gasteiger charge is 2.39. The molecular weight excluding hydrogens is 388 g/mol. The van der Waals surface area contributed by atoms with E-state index in [4.69, 9.17) is 4.74 Å². The molecule has 1 amide bonds. The average molecular weight is 417 g/mol. The van der Waals surface area contributed by atoms with Gasteiger partial charge in [0.1, 0.15) is 17.5 Å². The van der Waals surface area contributed by atoms with E-state index in [9.17, 15) is 4.79 Å². The molecule has 2 fully saturated rings. The van der Waals surface area contributed by atoms with Gasteiger partial charge in [-0.1, -0.05) is 42.5 Å². The number of benzene rings is 2. The molecule has 0 spiro atoms. The van der Waals surface area contributed by atoms with Crippen LogP contribution < -0.4 is 10.1 Å². The summed E-state index contributed by atoms with van der Waals surface area (Å²) < 4.78 is 6.31. The van der Waals surface area contributed by atoms with E-state index in [1.54, 1.807) is 6.07 Å². The lowest BCUT2D eigenvalue weighted by Gasteiger charge is -2.36. The molecule has 3 heterocycles. The summed E-state index contributed by atoms with van der Waals surface area (Å²) in [5.74, 6) is 0.710. The third-order valence-electron chi connectivity index (χ3n) is 6.60. The summed E-state index contributed by atoms with van der Waals surface area (Å²) in [6.45, 7) is 0.439. The van der Waals surface area contributed by atoms with Gasteiger partial charge in [0.25, 0.3) is 5.91 Å². The number of fused-ring (bicyclic) bond motifs is 2. The minimum Gasteiger partial charge on any atom is -0.490 e. The number of hydrogen-bond acceptors (Lipinski definition) is 4. The second-order valence-corrected chi connectivity index (χ2v) is 8.62. The normalized spacial score (nSPS) is 22.9. The van der Waals surface area contributed by atoms with Gasteiger partial charge in [-0.15, -0.1) is 0 Å². The fourth-order valence-electron chi connectivity index (χ4n) is 4.85. The van der Waals surface area contributed by atoms with Crippen molar-refractivity contribution in [2.24, 2.45) is 0 Å². The molecule has 2 aliphatic heterocycles. The molecule has 3 aromatic rings. The number of carbonyl (C=O) groups is 1. The molecule has 2 N–H and O–H groups in total. The number of rotatable bonds is 6. The van der Waals surface area contributed by atoms with E-state index in [1.165, 1.54) is 12.8 Å². The Hall–Kier alpha value is -3.12. The van der Waals surface area contributed by atoms with Crippen LogP contribution >= 0.6 is 0 Å². The van der Waals surface area contributed by atoms with Gasteiger partial charge in [0.15, 0.2) is 0 Å². The average Bonchev–Trinajstić information content (AvgIpc) is 3.35. The van der Waals surface area contributed by atoms with Crippen molar-refractivity contribution in [3.8, 4) is 17.0 Å². The highest BCUT2D eigenvalue weighted by Crippen LogP contribution is 2.36. The molecule has 2 aromatic carbocycles. The molecule has 3 atom stereocenters. The van der Waals surface area contributed by atoms with Crippen LogP contribution in [0.5, 0.6) is 5.75 Å². The maximum absolute atomic E-state index is 12.6. The van der Waals surface area contributed by atoms with Gasteiger partial charge in [0, 0.05) is 24.2 Å². The first-order chi connectivity index (χ1) is 15.2. The van der Waals surface area contributed by atoms with E-state index < -0.39 is 0 Å². The summed E-state index contributed by atoms with van der Waals surface area (Å²) in [7, 11) is 2.24. The number of piperidine rings is 1. The van der Waals surface area contributed by atoms with Crippen molar-refractivity contribution in [3.05, 3.63) is 71.9 Å². The van der Waals surface area contributed by atoms with Crippen molar-refractivity contribution in [2.75, 3.05) is 7.05 Å². The zero-order chi connectivity index (χ0) is 21.2. The summed E-state index contributed by atoms with van der Waals surface area (Å²) in [6.07, 6.45) is 5.04. The summed E-state index contributed by atoms with van der Waals surface area (Å²) in [6, 6.07) is 20.9. The minimum absolute atomic E-state index is 0.173. The fraction of sp³-hybridized carbons (Fsp3) is 0.360. The number of carbonyl (C=O) groups excluding carboxylic acids is 1. The Balaban J connectivity index is 1.18. The molecule has 2 saturated heterocycles. The van der Waals surface area contributed by atoms with E-state index in [0.29, 0.717) is 24.3 Å². The molecule has 0 aliphatic carbocycles. The molecule has 0 radical (unpaired) electrons. The number of amides is 1. The Morgan fingerprint density at radius 2 is 1.87 bits per heavy atom. The van der Waals surface area contributed by atoms with Crippen molar-refractivity contribution >= 4 is 5.91 Å². The number of aromatic nitrogens is 2. The van der Waals surface area contributed by atoms with Gasteiger partial charge in [-0.3, -0.25) is 9.89 Å². The summed E-state index contributed by atoms with van der Waals surface area (Å²) in [4.78, 5) is 15.1. The van der Waals surface area contributed by atoms with Crippen molar-refractivity contribution in [1.82, 2.24) is 20.4 Å². The van der Waals surface area contributed by atoms with Gasteiger partial charge in [-0.2, -0.15) is 5.10 Å². The van der Waals surface area contributed by atoms with Crippen LogP contribution in [-0.4, -0.2) is 46.2 Å². The lowest BCUT2D eigenvalue weighted by Crippen LogP contribution is -2.43. The Morgan fingerprint density at radius 1 is 1.10 bits per heavy atom. The quantitative estimate of drug-likeness (QED) is 0.637. The van der Waals surface area contributed by atoms with Crippen LogP contribution in [0.2, 0.25) is 0 Å². The van der Waals surface area contributed by atoms with Gasteiger partial charge >= 0.3 is 0 Å². The van der Waals surface area contributed by atoms with Gasteiger partial charge in [0.2, 0.25) is 0 Å². The molecule has 1 unspecified atom stereocenters. The standard InChI is InChI=1S/C25H28N4O2/c1-29-19-10-11-20(29)14-22(13-19)31-21-9-5-6-17(12-21)16-26-25(30)24-15-23(27-28-24)18-7-3-2-4-8-18/h2-9,12,15,19-20,22H,10-11,13-14,16H2,1H3,(H,26,30)(H,27,28)/t19-,20+,22?. The first-order valence-electron chi connectivity index (χ1n) is 11.0. The van der Waals surface area contributed by atoms with E-state index in [0.717, 1.165) is 35.4 Å². The number of ether oxygens (including phenoxy) is 1. The molecule has 6 nitrogen and oxygen atoms in total. The summed E-state index contributed by atoms with van der Waals surface area (Å²) >= 11 is 0. The lowest BCUT2D eigenvalue weighted by atomic mass is 10.0. The van der Waals surface area contributed by atoms with Crippen LogP contribution in [0.15, 0.2) is 60.7 Å². The Morgan fingerprint density at radius 3 is 2.65 bits per heavy atom. The zero-order valence-corrected chi connectivity index (χ0v) is 17.8. The minimum atomic E-state index is -0.173. The van der Waals surface area contributed by atoms with Crippen LogP contribution in [0.25, 0.3) is 11.3 Å². The van der Waals surface area contributed by atoms with Crippen molar-refractivity contribution in [3.63, 3.8) is 0 Å². The van der Waals surface area contributed by atoms with Gasteiger partial charge in [-0.05, 0) is 56.5 Å². The van der Waals surface area contributed by atoms with Crippen molar-refractivity contribution in [1.29, 1.82) is 0 Å². The Bertz CT molecular complexity index is 1030. The van der Waals surface area contributed by atoms with Gasteiger partial charge in [-0.25, -0.2) is 0 Å². The highest BCUT2D eigenvalue weighted by molar-refractivity contribution is 5.93. The van der Waals surface area contributed by atoms with Gasteiger partial charge < -0.3 is 15.0 Å². The van der Waals surface area contributed by atoms with E-state index in [1.807, 2.05) is 54.6 Å². The Kier molecular flexibility index (Phi) is 5.47. The third-order valence-corrected chi connectivity index (χ3v) is 6.60. The van der Waals surface area contributed by atoms with Crippen LogP contribution in [0.4, 0.5) is 0 Å². The number of nitrogens with one attached hydrogen (secondary N) is 2.